The lowest BCUT2D eigenvalue weighted by Crippen LogP contribution is -2.26. The standard InChI is InChI=1S/C20H23ClN2O2S/c1-23(13-17-10-11-18(21)26-17)20(25)15-8-5-9-16(12-15)22-19(24)14-6-3-2-4-7-14/h5,8-12,14H,2-4,6-7,13H2,1H3,(H,22,24). The monoisotopic (exact) mass is 390 g/mol. The SMILES string of the molecule is CN(Cc1ccc(Cl)s1)C(=O)c1cccc(NC(=O)C2CCCCC2)c1. The van der Waals surface area contributed by atoms with E-state index in [1.165, 1.54) is 17.8 Å². The molecule has 0 spiro atoms. The maximum Gasteiger partial charge on any atom is 0.253 e. The molecule has 2 amide bonds. The number of rotatable bonds is 5. The van der Waals surface area contributed by atoms with Crippen LogP contribution in [0.1, 0.15) is 47.3 Å². The van der Waals surface area contributed by atoms with Crippen LogP contribution < -0.4 is 5.32 Å². The van der Waals surface area contributed by atoms with Crippen molar-refractivity contribution in [2.45, 2.75) is 38.6 Å². The number of thiophene rings is 1. The highest BCUT2D eigenvalue weighted by atomic mass is 35.5. The smallest absolute Gasteiger partial charge is 0.253 e. The second-order valence-corrected chi connectivity index (χ2v) is 8.57. The number of carbonyl (C=O) groups excluding carboxylic acids is 2. The van der Waals surface area contributed by atoms with Crippen LogP contribution in [-0.4, -0.2) is 23.8 Å². The normalized spacial score (nSPS) is 14.8. The van der Waals surface area contributed by atoms with Gasteiger partial charge in [0.2, 0.25) is 5.91 Å². The number of anilines is 1. The van der Waals surface area contributed by atoms with E-state index < -0.39 is 0 Å². The van der Waals surface area contributed by atoms with Gasteiger partial charge in [-0.1, -0.05) is 36.9 Å². The van der Waals surface area contributed by atoms with Gasteiger partial charge in [0, 0.05) is 29.1 Å². The Morgan fingerprint density at radius 2 is 1.96 bits per heavy atom. The van der Waals surface area contributed by atoms with E-state index >= 15 is 0 Å². The molecule has 26 heavy (non-hydrogen) atoms. The molecule has 1 aromatic carbocycles. The van der Waals surface area contributed by atoms with Crippen molar-refractivity contribution >= 4 is 40.4 Å². The minimum Gasteiger partial charge on any atom is -0.337 e. The first kappa shape index (κ1) is 18.9. The number of hydrogen-bond acceptors (Lipinski definition) is 3. The lowest BCUT2D eigenvalue weighted by atomic mass is 9.88. The molecule has 3 rings (SSSR count). The highest BCUT2D eigenvalue weighted by Crippen LogP contribution is 2.26. The van der Waals surface area contributed by atoms with Crippen molar-refractivity contribution in [1.29, 1.82) is 0 Å². The van der Waals surface area contributed by atoms with Gasteiger partial charge < -0.3 is 10.2 Å². The number of halogens is 1. The first-order chi connectivity index (χ1) is 12.5. The van der Waals surface area contributed by atoms with Gasteiger partial charge in [0.1, 0.15) is 0 Å². The molecule has 2 aromatic rings. The Morgan fingerprint density at radius 3 is 2.65 bits per heavy atom. The van der Waals surface area contributed by atoms with Gasteiger partial charge in [-0.3, -0.25) is 9.59 Å². The van der Waals surface area contributed by atoms with Crippen molar-refractivity contribution in [3.05, 3.63) is 51.2 Å². The van der Waals surface area contributed by atoms with Gasteiger partial charge >= 0.3 is 0 Å². The topological polar surface area (TPSA) is 49.4 Å². The van der Waals surface area contributed by atoms with Crippen LogP contribution in [0.25, 0.3) is 0 Å². The summed E-state index contributed by atoms with van der Waals surface area (Å²) in [5.41, 5.74) is 1.25. The Morgan fingerprint density at radius 1 is 1.19 bits per heavy atom. The average Bonchev–Trinajstić information content (AvgIpc) is 3.06. The zero-order valence-electron chi connectivity index (χ0n) is 14.8. The molecule has 0 unspecified atom stereocenters. The molecule has 0 aliphatic heterocycles. The minimum atomic E-state index is -0.0803. The Balaban J connectivity index is 1.63. The molecular weight excluding hydrogens is 368 g/mol. The van der Waals surface area contributed by atoms with E-state index in [2.05, 4.69) is 5.32 Å². The molecule has 1 saturated carbocycles. The first-order valence-electron chi connectivity index (χ1n) is 8.93. The quantitative estimate of drug-likeness (QED) is 0.763. The van der Waals surface area contributed by atoms with Crippen molar-refractivity contribution in [3.8, 4) is 0 Å². The van der Waals surface area contributed by atoms with Crippen molar-refractivity contribution < 1.29 is 9.59 Å². The molecule has 1 aliphatic carbocycles. The Kier molecular flexibility index (Phi) is 6.33. The maximum absolute atomic E-state index is 12.7. The van der Waals surface area contributed by atoms with Crippen molar-refractivity contribution in [1.82, 2.24) is 4.90 Å². The van der Waals surface area contributed by atoms with E-state index in [9.17, 15) is 9.59 Å². The summed E-state index contributed by atoms with van der Waals surface area (Å²) in [6.07, 6.45) is 5.37. The number of nitrogens with zero attached hydrogens (tertiary/aromatic N) is 1. The van der Waals surface area contributed by atoms with Crippen molar-refractivity contribution in [2.75, 3.05) is 12.4 Å². The third kappa shape index (κ3) is 4.86. The van der Waals surface area contributed by atoms with Gasteiger partial charge in [-0.05, 0) is 43.2 Å². The predicted octanol–water partition coefficient (Wildman–Crippen LogP) is 5.19. The Hall–Kier alpha value is -1.85. The maximum atomic E-state index is 12.7. The van der Waals surface area contributed by atoms with E-state index in [-0.39, 0.29) is 17.7 Å². The summed E-state index contributed by atoms with van der Waals surface area (Å²) >= 11 is 7.42. The Bertz CT molecular complexity index is 784. The fraction of sp³-hybridized carbons (Fsp3) is 0.400. The van der Waals surface area contributed by atoms with E-state index in [1.807, 2.05) is 18.2 Å². The van der Waals surface area contributed by atoms with Gasteiger partial charge in [-0.2, -0.15) is 0 Å². The number of carbonyl (C=O) groups is 2. The number of benzene rings is 1. The molecule has 1 N–H and O–H groups in total. The lowest BCUT2D eigenvalue weighted by Gasteiger charge is -2.21. The van der Waals surface area contributed by atoms with Crippen LogP contribution in [-0.2, 0) is 11.3 Å². The lowest BCUT2D eigenvalue weighted by molar-refractivity contribution is -0.120. The van der Waals surface area contributed by atoms with Crippen LogP contribution in [0.2, 0.25) is 4.34 Å². The van der Waals surface area contributed by atoms with Gasteiger partial charge in [0.25, 0.3) is 5.91 Å². The summed E-state index contributed by atoms with van der Waals surface area (Å²) < 4.78 is 0.716. The van der Waals surface area contributed by atoms with Crippen LogP contribution in [0.3, 0.4) is 0 Å². The van der Waals surface area contributed by atoms with Gasteiger partial charge in [0.15, 0.2) is 0 Å². The summed E-state index contributed by atoms with van der Waals surface area (Å²) in [4.78, 5) is 27.8. The molecule has 0 saturated heterocycles. The van der Waals surface area contributed by atoms with Gasteiger partial charge in [0.05, 0.1) is 10.9 Å². The van der Waals surface area contributed by atoms with Gasteiger partial charge in [-0.25, -0.2) is 0 Å². The zero-order chi connectivity index (χ0) is 18.5. The molecule has 1 fully saturated rings. The number of amides is 2. The molecule has 0 radical (unpaired) electrons. The average molecular weight is 391 g/mol. The fourth-order valence-corrected chi connectivity index (χ4v) is 4.44. The largest absolute Gasteiger partial charge is 0.337 e. The predicted molar refractivity (Wildman–Crippen MR) is 107 cm³/mol. The van der Waals surface area contributed by atoms with Gasteiger partial charge in [-0.15, -0.1) is 11.3 Å². The summed E-state index contributed by atoms with van der Waals surface area (Å²) in [7, 11) is 1.77. The summed E-state index contributed by atoms with van der Waals surface area (Å²) in [5, 5.41) is 2.97. The second kappa shape index (κ2) is 8.69. The molecule has 1 aliphatic rings. The van der Waals surface area contributed by atoms with Crippen LogP contribution in [0.4, 0.5) is 5.69 Å². The molecule has 138 valence electrons. The highest BCUT2D eigenvalue weighted by Gasteiger charge is 2.21. The second-order valence-electron chi connectivity index (χ2n) is 6.77. The zero-order valence-corrected chi connectivity index (χ0v) is 16.4. The third-order valence-electron chi connectivity index (χ3n) is 4.72. The number of nitrogens with one attached hydrogen (secondary N) is 1. The summed E-state index contributed by atoms with van der Waals surface area (Å²) in [5.74, 6) is 0.0773. The van der Waals surface area contributed by atoms with E-state index in [4.69, 9.17) is 11.6 Å². The van der Waals surface area contributed by atoms with E-state index in [0.29, 0.717) is 22.1 Å². The van der Waals surface area contributed by atoms with Crippen molar-refractivity contribution in [3.63, 3.8) is 0 Å². The van der Waals surface area contributed by atoms with E-state index in [0.717, 1.165) is 30.6 Å². The van der Waals surface area contributed by atoms with Crippen LogP contribution in [0, 0.1) is 5.92 Å². The van der Waals surface area contributed by atoms with Crippen LogP contribution >= 0.6 is 22.9 Å². The van der Waals surface area contributed by atoms with Crippen molar-refractivity contribution in [2.24, 2.45) is 5.92 Å². The van der Waals surface area contributed by atoms with Crippen LogP contribution in [0.15, 0.2) is 36.4 Å². The molecule has 1 aromatic heterocycles. The molecule has 4 nitrogen and oxygen atoms in total. The fourth-order valence-electron chi connectivity index (χ4n) is 3.30. The third-order valence-corrected chi connectivity index (χ3v) is 5.94. The number of hydrogen-bond donors (Lipinski definition) is 1. The van der Waals surface area contributed by atoms with Crippen LogP contribution in [0.5, 0.6) is 0 Å². The molecule has 0 bridgehead atoms. The molecule has 1 heterocycles. The van der Waals surface area contributed by atoms with E-state index in [1.54, 1.807) is 30.1 Å². The summed E-state index contributed by atoms with van der Waals surface area (Å²) in [6, 6.07) is 10.9. The molecule has 0 atom stereocenters. The molecule has 6 heteroatoms. The highest BCUT2D eigenvalue weighted by molar-refractivity contribution is 7.16. The Labute approximate surface area is 163 Å². The minimum absolute atomic E-state index is 0.0656. The summed E-state index contributed by atoms with van der Waals surface area (Å²) in [6.45, 7) is 0.509. The molecular formula is C20H23ClN2O2S. The first-order valence-corrected chi connectivity index (χ1v) is 10.1.